The average molecular weight is 495 g/mol. The lowest BCUT2D eigenvalue weighted by Crippen LogP contribution is -2.41. The Morgan fingerprint density at radius 3 is 2.36 bits per heavy atom. The summed E-state index contributed by atoms with van der Waals surface area (Å²) in [6.45, 7) is -2.38. The minimum Gasteiger partial charge on any atom is -0.435 e. The van der Waals surface area contributed by atoms with Gasteiger partial charge in [-0.2, -0.15) is 13.1 Å². The summed E-state index contributed by atoms with van der Waals surface area (Å²) in [7, 11) is -3.55. The molecule has 1 aliphatic rings. The summed E-state index contributed by atoms with van der Waals surface area (Å²) in [6.07, 6.45) is 0.814. The van der Waals surface area contributed by atoms with Crippen LogP contribution in [0, 0.1) is 5.92 Å². The molecule has 0 saturated carbocycles. The lowest BCUT2D eigenvalue weighted by atomic mass is 9.97. The summed E-state index contributed by atoms with van der Waals surface area (Å²) in [5.74, 6) is -0.538. The van der Waals surface area contributed by atoms with Crippen molar-refractivity contribution in [2.45, 2.75) is 23.7 Å². The maximum absolute atomic E-state index is 12.6. The number of sulfonamides is 1. The zero-order chi connectivity index (χ0) is 20.3. The second kappa shape index (κ2) is 8.85. The van der Waals surface area contributed by atoms with Crippen LogP contribution in [0.5, 0.6) is 5.75 Å². The van der Waals surface area contributed by atoms with Crippen LogP contribution >= 0.6 is 27.3 Å². The van der Waals surface area contributed by atoms with Gasteiger partial charge in [-0.3, -0.25) is 4.79 Å². The number of hydrogen-bond donors (Lipinski definition) is 1. The number of thiophene rings is 1. The largest absolute Gasteiger partial charge is 0.435 e. The lowest BCUT2D eigenvalue weighted by Gasteiger charge is -2.30. The molecule has 1 saturated heterocycles. The third-order valence-corrected chi connectivity index (χ3v) is 8.30. The number of anilines is 1. The molecule has 3 rings (SSSR count). The number of ether oxygens (including phenoxy) is 1. The van der Waals surface area contributed by atoms with Crippen LogP contribution in [-0.2, 0) is 14.8 Å². The summed E-state index contributed by atoms with van der Waals surface area (Å²) in [5, 5.41) is 2.73. The Morgan fingerprint density at radius 2 is 1.82 bits per heavy atom. The Labute approximate surface area is 173 Å². The van der Waals surface area contributed by atoms with Crippen molar-refractivity contribution in [3.8, 4) is 5.75 Å². The number of carbonyl (C=O) groups is 1. The molecule has 0 radical (unpaired) electrons. The van der Waals surface area contributed by atoms with Crippen LogP contribution in [0.2, 0.25) is 0 Å². The van der Waals surface area contributed by atoms with Gasteiger partial charge in [0.05, 0.1) is 3.79 Å². The molecule has 2 heterocycles. The second-order valence-corrected chi connectivity index (χ2v) is 10.8. The summed E-state index contributed by atoms with van der Waals surface area (Å²) in [4.78, 5) is 12.4. The molecule has 1 aliphatic heterocycles. The number of nitrogens with zero attached hydrogens (tertiary/aromatic N) is 1. The molecule has 11 heteroatoms. The summed E-state index contributed by atoms with van der Waals surface area (Å²) >= 11 is 4.41. The van der Waals surface area contributed by atoms with E-state index >= 15 is 0 Å². The fourth-order valence-electron chi connectivity index (χ4n) is 2.89. The molecule has 1 aromatic carbocycles. The van der Waals surface area contributed by atoms with Gasteiger partial charge in [0, 0.05) is 24.7 Å². The van der Waals surface area contributed by atoms with Gasteiger partial charge in [-0.1, -0.05) is 0 Å². The van der Waals surface area contributed by atoms with E-state index < -0.39 is 16.6 Å². The normalized spacial score (nSPS) is 16.3. The van der Waals surface area contributed by atoms with Crippen molar-refractivity contribution < 1.29 is 26.7 Å². The number of hydrogen-bond acceptors (Lipinski definition) is 5. The smallest absolute Gasteiger partial charge is 0.387 e. The third kappa shape index (κ3) is 5.07. The standard InChI is InChI=1S/C17H17BrF2N2O4S2/c18-14-5-6-15(27-14)28(24,25)22-9-7-11(8-10-22)16(23)21-12-1-3-13(4-2-12)26-17(19)20/h1-6,11,17H,7-10H2,(H,21,23). The van der Waals surface area contributed by atoms with E-state index in [-0.39, 0.29) is 34.9 Å². The van der Waals surface area contributed by atoms with E-state index in [1.807, 2.05) is 0 Å². The van der Waals surface area contributed by atoms with Gasteiger partial charge >= 0.3 is 6.61 Å². The fraction of sp³-hybridized carbons (Fsp3) is 0.353. The highest BCUT2D eigenvalue weighted by atomic mass is 79.9. The molecule has 28 heavy (non-hydrogen) atoms. The first-order valence-electron chi connectivity index (χ1n) is 8.37. The molecule has 0 bridgehead atoms. The van der Waals surface area contributed by atoms with E-state index in [2.05, 4.69) is 26.0 Å². The monoisotopic (exact) mass is 494 g/mol. The number of benzene rings is 1. The van der Waals surface area contributed by atoms with E-state index in [0.29, 0.717) is 18.5 Å². The van der Waals surface area contributed by atoms with Gasteiger partial charge in [0.25, 0.3) is 10.0 Å². The molecule has 152 valence electrons. The van der Waals surface area contributed by atoms with Gasteiger partial charge in [-0.15, -0.1) is 11.3 Å². The first kappa shape index (κ1) is 21.2. The van der Waals surface area contributed by atoms with Gasteiger partial charge in [-0.25, -0.2) is 8.42 Å². The van der Waals surface area contributed by atoms with Crippen molar-refractivity contribution in [2.75, 3.05) is 18.4 Å². The Balaban J connectivity index is 1.55. The first-order chi connectivity index (χ1) is 13.3. The van der Waals surface area contributed by atoms with Crippen LogP contribution in [0.3, 0.4) is 0 Å². The summed E-state index contributed by atoms with van der Waals surface area (Å²) in [5.41, 5.74) is 0.463. The number of nitrogens with one attached hydrogen (secondary N) is 1. The van der Waals surface area contributed by atoms with E-state index in [0.717, 1.165) is 15.1 Å². The van der Waals surface area contributed by atoms with Crippen LogP contribution in [0.4, 0.5) is 14.5 Å². The van der Waals surface area contributed by atoms with Gasteiger partial charge in [-0.05, 0) is 65.2 Å². The first-order valence-corrected chi connectivity index (χ1v) is 11.4. The number of piperidine rings is 1. The number of rotatable bonds is 6. The Kier molecular flexibility index (Phi) is 6.69. The zero-order valence-corrected chi connectivity index (χ0v) is 17.7. The number of amides is 1. The lowest BCUT2D eigenvalue weighted by molar-refractivity contribution is -0.120. The highest BCUT2D eigenvalue weighted by molar-refractivity contribution is 9.11. The molecule has 0 aliphatic carbocycles. The highest BCUT2D eigenvalue weighted by Gasteiger charge is 2.32. The summed E-state index contributed by atoms with van der Waals surface area (Å²) in [6, 6.07) is 8.89. The molecule has 1 amide bonds. The SMILES string of the molecule is O=C(Nc1ccc(OC(F)F)cc1)C1CCN(S(=O)(=O)c2ccc(Br)s2)CC1. The molecule has 0 unspecified atom stereocenters. The molecular weight excluding hydrogens is 478 g/mol. The van der Waals surface area contributed by atoms with Gasteiger partial charge < -0.3 is 10.1 Å². The molecule has 1 N–H and O–H groups in total. The summed E-state index contributed by atoms with van der Waals surface area (Å²) < 4.78 is 56.2. The van der Waals surface area contributed by atoms with E-state index in [1.54, 1.807) is 12.1 Å². The number of alkyl halides is 2. The molecule has 1 fully saturated rings. The topological polar surface area (TPSA) is 75.7 Å². The fourth-order valence-corrected chi connectivity index (χ4v) is 6.52. The maximum Gasteiger partial charge on any atom is 0.387 e. The quantitative estimate of drug-likeness (QED) is 0.654. The predicted octanol–water partition coefficient (Wildman–Crippen LogP) is 4.15. The van der Waals surface area contributed by atoms with Crippen LogP contribution in [0.1, 0.15) is 12.8 Å². The predicted molar refractivity (Wildman–Crippen MR) is 105 cm³/mol. The van der Waals surface area contributed by atoms with Gasteiger partial charge in [0.2, 0.25) is 5.91 Å². The minimum atomic E-state index is -3.55. The minimum absolute atomic E-state index is 0.00623. The van der Waals surface area contributed by atoms with Crippen LogP contribution in [0.15, 0.2) is 44.4 Å². The van der Waals surface area contributed by atoms with Crippen LogP contribution < -0.4 is 10.1 Å². The van der Waals surface area contributed by atoms with Crippen molar-refractivity contribution >= 4 is 48.9 Å². The van der Waals surface area contributed by atoms with Crippen molar-refractivity contribution in [2.24, 2.45) is 5.92 Å². The van der Waals surface area contributed by atoms with E-state index in [1.165, 1.54) is 28.6 Å². The number of carbonyl (C=O) groups excluding carboxylic acids is 1. The maximum atomic E-state index is 12.6. The third-order valence-electron chi connectivity index (χ3n) is 4.31. The second-order valence-electron chi connectivity index (χ2n) is 6.13. The Hall–Kier alpha value is -1.56. The molecule has 2 aromatic rings. The van der Waals surface area contributed by atoms with Crippen molar-refractivity contribution in [3.05, 3.63) is 40.2 Å². The average Bonchev–Trinajstić information content (AvgIpc) is 3.10. The molecule has 1 aromatic heterocycles. The van der Waals surface area contributed by atoms with E-state index in [9.17, 15) is 22.0 Å². The van der Waals surface area contributed by atoms with Crippen molar-refractivity contribution in [1.82, 2.24) is 4.31 Å². The zero-order valence-electron chi connectivity index (χ0n) is 14.5. The van der Waals surface area contributed by atoms with E-state index in [4.69, 9.17) is 0 Å². The highest BCUT2D eigenvalue weighted by Crippen LogP contribution is 2.31. The molecule has 6 nitrogen and oxygen atoms in total. The van der Waals surface area contributed by atoms with Crippen LogP contribution in [0.25, 0.3) is 0 Å². The molecule has 0 atom stereocenters. The number of halogens is 3. The Morgan fingerprint density at radius 1 is 1.18 bits per heavy atom. The van der Waals surface area contributed by atoms with Gasteiger partial charge in [0.1, 0.15) is 9.96 Å². The van der Waals surface area contributed by atoms with Crippen molar-refractivity contribution in [3.63, 3.8) is 0 Å². The Bertz CT molecular complexity index is 927. The molecule has 0 spiro atoms. The van der Waals surface area contributed by atoms with Crippen molar-refractivity contribution in [1.29, 1.82) is 0 Å². The molecular formula is C17H17BrF2N2O4S2. The van der Waals surface area contributed by atoms with Crippen LogP contribution in [-0.4, -0.2) is 38.3 Å². The van der Waals surface area contributed by atoms with Gasteiger partial charge in [0.15, 0.2) is 0 Å².